The molecule has 0 atom stereocenters. The Bertz CT molecular complexity index is 1130. The zero-order chi connectivity index (χ0) is 22.4. The number of hydrogen-bond donors (Lipinski definition) is 1. The number of rotatable bonds is 8. The molecule has 31 heavy (non-hydrogen) atoms. The molecular weight excluding hydrogens is 412 g/mol. The molecule has 0 aliphatic heterocycles. The van der Waals surface area contributed by atoms with Crippen LogP contribution in [0.1, 0.15) is 25.3 Å². The number of sulfonamides is 1. The summed E-state index contributed by atoms with van der Waals surface area (Å²) in [6, 6.07) is 22.2. The van der Waals surface area contributed by atoms with Crippen LogP contribution in [0.25, 0.3) is 0 Å². The van der Waals surface area contributed by atoms with Crippen molar-refractivity contribution in [2.24, 2.45) is 0 Å². The molecule has 3 aromatic rings. The predicted molar refractivity (Wildman–Crippen MR) is 123 cm³/mol. The normalized spacial score (nSPS) is 11.2. The quantitative estimate of drug-likeness (QED) is 0.555. The van der Waals surface area contributed by atoms with Crippen molar-refractivity contribution >= 4 is 27.3 Å². The van der Waals surface area contributed by atoms with Crippen molar-refractivity contribution in [3.05, 3.63) is 84.4 Å². The van der Waals surface area contributed by atoms with Crippen LogP contribution in [-0.4, -0.2) is 28.0 Å². The number of nitrogens with one attached hydrogen (secondary N) is 1. The molecule has 3 rings (SSSR count). The summed E-state index contributed by atoms with van der Waals surface area (Å²) in [4.78, 5) is 13.0. The fraction of sp³-hybridized carbons (Fsp3) is 0.208. The zero-order valence-electron chi connectivity index (χ0n) is 17.8. The first kappa shape index (κ1) is 22.4. The molecule has 0 bridgehead atoms. The summed E-state index contributed by atoms with van der Waals surface area (Å²) in [5.74, 6) is 0.340. The van der Waals surface area contributed by atoms with Crippen molar-refractivity contribution in [1.29, 1.82) is 0 Å². The molecule has 0 unspecified atom stereocenters. The molecule has 1 amide bonds. The number of amides is 1. The van der Waals surface area contributed by atoms with Gasteiger partial charge in [-0.1, -0.05) is 50.2 Å². The molecular formula is C24H26N2O4S. The number of carbonyl (C=O) groups is 1. The number of methoxy groups -OCH3 is 1. The number of nitrogens with zero attached hydrogens (tertiary/aromatic N) is 1. The Morgan fingerprint density at radius 1 is 0.935 bits per heavy atom. The third-order valence-electron chi connectivity index (χ3n) is 4.84. The number of para-hydroxylation sites is 2. The van der Waals surface area contributed by atoms with E-state index >= 15 is 0 Å². The van der Waals surface area contributed by atoms with E-state index in [1.165, 1.54) is 19.2 Å². The molecule has 6 nitrogen and oxygen atoms in total. The molecule has 0 aromatic heterocycles. The highest BCUT2D eigenvalue weighted by Crippen LogP contribution is 2.26. The highest BCUT2D eigenvalue weighted by Gasteiger charge is 2.27. The van der Waals surface area contributed by atoms with Gasteiger partial charge in [-0.25, -0.2) is 8.42 Å². The summed E-state index contributed by atoms with van der Waals surface area (Å²) in [6.45, 7) is 3.72. The fourth-order valence-electron chi connectivity index (χ4n) is 3.22. The van der Waals surface area contributed by atoms with E-state index in [1.54, 1.807) is 42.5 Å². The highest BCUT2D eigenvalue weighted by atomic mass is 32.2. The van der Waals surface area contributed by atoms with Crippen molar-refractivity contribution < 1.29 is 17.9 Å². The molecule has 0 saturated heterocycles. The van der Waals surface area contributed by atoms with Crippen LogP contribution in [-0.2, 0) is 14.8 Å². The van der Waals surface area contributed by atoms with E-state index < -0.39 is 15.9 Å². The van der Waals surface area contributed by atoms with E-state index in [4.69, 9.17) is 4.74 Å². The second kappa shape index (κ2) is 9.66. The lowest BCUT2D eigenvalue weighted by molar-refractivity contribution is -0.114. The zero-order valence-corrected chi connectivity index (χ0v) is 18.6. The van der Waals surface area contributed by atoms with Crippen molar-refractivity contribution in [1.82, 2.24) is 0 Å². The van der Waals surface area contributed by atoms with Gasteiger partial charge in [-0.3, -0.25) is 9.10 Å². The van der Waals surface area contributed by atoms with Gasteiger partial charge in [0.05, 0.1) is 17.7 Å². The van der Waals surface area contributed by atoms with Crippen LogP contribution in [0.5, 0.6) is 5.75 Å². The van der Waals surface area contributed by atoms with E-state index in [2.05, 4.69) is 5.32 Å². The van der Waals surface area contributed by atoms with E-state index in [9.17, 15) is 13.2 Å². The first-order chi connectivity index (χ1) is 14.8. The molecule has 1 N–H and O–H groups in total. The van der Waals surface area contributed by atoms with Gasteiger partial charge in [0.25, 0.3) is 10.0 Å². The van der Waals surface area contributed by atoms with Crippen LogP contribution in [0.4, 0.5) is 11.4 Å². The Morgan fingerprint density at radius 3 is 2.16 bits per heavy atom. The topological polar surface area (TPSA) is 75.7 Å². The predicted octanol–water partition coefficient (Wildman–Crippen LogP) is 4.65. The summed E-state index contributed by atoms with van der Waals surface area (Å²) in [6.07, 6.45) is 0. The van der Waals surface area contributed by atoms with Gasteiger partial charge in [0, 0.05) is 5.69 Å². The maximum absolute atomic E-state index is 13.4. The smallest absolute Gasteiger partial charge is 0.264 e. The lowest BCUT2D eigenvalue weighted by atomic mass is 10.0. The van der Waals surface area contributed by atoms with Crippen LogP contribution in [0, 0.1) is 0 Å². The summed E-state index contributed by atoms with van der Waals surface area (Å²) in [5.41, 5.74) is 2.07. The lowest BCUT2D eigenvalue weighted by Crippen LogP contribution is -2.38. The van der Waals surface area contributed by atoms with Gasteiger partial charge in [0.15, 0.2) is 0 Å². The van der Waals surface area contributed by atoms with Crippen LogP contribution < -0.4 is 14.4 Å². The highest BCUT2D eigenvalue weighted by molar-refractivity contribution is 7.92. The second-order valence-electron chi connectivity index (χ2n) is 7.31. The van der Waals surface area contributed by atoms with Gasteiger partial charge in [-0.05, 0) is 53.9 Å². The van der Waals surface area contributed by atoms with Crippen LogP contribution in [0.15, 0.2) is 83.8 Å². The molecule has 162 valence electrons. The molecule has 0 fully saturated rings. The maximum atomic E-state index is 13.4. The average molecular weight is 439 g/mol. The number of ether oxygens (including phenoxy) is 1. The van der Waals surface area contributed by atoms with Crippen molar-refractivity contribution in [3.63, 3.8) is 0 Å². The summed E-state index contributed by atoms with van der Waals surface area (Å²) in [7, 11) is -2.46. The van der Waals surface area contributed by atoms with E-state index in [1.807, 2.05) is 38.1 Å². The molecule has 0 spiro atoms. The van der Waals surface area contributed by atoms with Crippen molar-refractivity contribution in [2.45, 2.75) is 24.7 Å². The number of anilines is 2. The fourth-order valence-corrected chi connectivity index (χ4v) is 4.64. The first-order valence-corrected chi connectivity index (χ1v) is 11.4. The third-order valence-corrected chi connectivity index (χ3v) is 6.62. The SMILES string of the molecule is COc1ccc(S(=O)(=O)N(CC(=O)Nc2ccccc2C(C)C)c2ccccc2)cc1. The Hall–Kier alpha value is -3.32. The minimum absolute atomic E-state index is 0.0764. The summed E-state index contributed by atoms with van der Waals surface area (Å²) >= 11 is 0. The number of benzene rings is 3. The minimum Gasteiger partial charge on any atom is -0.497 e. The largest absolute Gasteiger partial charge is 0.497 e. The van der Waals surface area contributed by atoms with E-state index in [0.29, 0.717) is 17.1 Å². The Labute approximate surface area is 183 Å². The molecule has 0 aliphatic carbocycles. The Morgan fingerprint density at radius 2 is 1.55 bits per heavy atom. The average Bonchev–Trinajstić information content (AvgIpc) is 2.78. The minimum atomic E-state index is -3.98. The third kappa shape index (κ3) is 5.24. The number of carbonyl (C=O) groups excluding carboxylic acids is 1. The summed E-state index contributed by atoms with van der Waals surface area (Å²) in [5, 5.41) is 2.87. The molecule has 0 saturated carbocycles. The molecule has 3 aromatic carbocycles. The molecule has 0 aliphatic rings. The molecule has 0 radical (unpaired) electrons. The Balaban J connectivity index is 1.92. The van der Waals surface area contributed by atoms with Crippen molar-refractivity contribution in [3.8, 4) is 5.75 Å². The number of hydrogen-bond acceptors (Lipinski definition) is 4. The van der Waals surface area contributed by atoms with Crippen LogP contribution in [0.2, 0.25) is 0 Å². The lowest BCUT2D eigenvalue weighted by Gasteiger charge is -2.24. The van der Waals surface area contributed by atoms with E-state index in [0.717, 1.165) is 9.87 Å². The second-order valence-corrected chi connectivity index (χ2v) is 9.18. The molecule has 0 heterocycles. The summed E-state index contributed by atoms with van der Waals surface area (Å²) < 4.78 is 33.0. The van der Waals surface area contributed by atoms with Gasteiger partial charge in [0.2, 0.25) is 5.91 Å². The van der Waals surface area contributed by atoms with Gasteiger partial charge < -0.3 is 10.1 Å². The monoisotopic (exact) mass is 438 g/mol. The Kier molecular flexibility index (Phi) is 6.97. The first-order valence-electron chi connectivity index (χ1n) is 9.93. The molecule has 7 heteroatoms. The van der Waals surface area contributed by atoms with Crippen LogP contribution >= 0.6 is 0 Å². The van der Waals surface area contributed by atoms with Gasteiger partial charge in [-0.2, -0.15) is 0 Å². The van der Waals surface area contributed by atoms with Gasteiger partial charge in [0.1, 0.15) is 12.3 Å². The van der Waals surface area contributed by atoms with Gasteiger partial charge in [-0.15, -0.1) is 0 Å². The maximum Gasteiger partial charge on any atom is 0.264 e. The standard InChI is InChI=1S/C24H26N2O4S/c1-18(2)22-11-7-8-12-23(22)25-24(27)17-26(19-9-5-4-6-10-19)31(28,29)21-15-13-20(30-3)14-16-21/h4-16,18H,17H2,1-3H3,(H,25,27). The van der Waals surface area contributed by atoms with E-state index in [-0.39, 0.29) is 17.4 Å². The van der Waals surface area contributed by atoms with Gasteiger partial charge >= 0.3 is 0 Å². The van der Waals surface area contributed by atoms with Crippen LogP contribution in [0.3, 0.4) is 0 Å². The van der Waals surface area contributed by atoms with Crippen molar-refractivity contribution in [2.75, 3.05) is 23.3 Å².